The Morgan fingerprint density at radius 2 is 2.11 bits per heavy atom. The summed E-state index contributed by atoms with van der Waals surface area (Å²) in [6, 6.07) is 1.57. The van der Waals surface area contributed by atoms with Gasteiger partial charge in [0.25, 0.3) is 0 Å². The Morgan fingerprint density at radius 1 is 1.32 bits per heavy atom. The number of nitrogens with zero attached hydrogens (tertiary/aromatic N) is 6. The molecule has 0 unspecified atom stereocenters. The smallest absolute Gasteiger partial charge is 0.220 e. The van der Waals surface area contributed by atoms with Gasteiger partial charge in [0.05, 0.1) is 25.0 Å². The molecule has 28 heavy (non-hydrogen) atoms. The van der Waals surface area contributed by atoms with Crippen molar-refractivity contribution in [3.8, 4) is 0 Å². The average molecular weight is 410 g/mol. The summed E-state index contributed by atoms with van der Waals surface area (Å²) in [5.74, 6) is 0.668. The topological polar surface area (TPSA) is 109 Å². The Balaban J connectivity index is 1.55. The lowest BCUT2D eigenvalue weighted by molar-refractivity contribution is 0.259. The standard InChI is InChI=1S/C17H27N7O3S/c1-3-18-17(19-5-6-23-13-15(2)12-20-23)22-7-9-24(10-8-22)28(25,26)14-16-4-11-27-21-16/h4,11-13H,3,5-10,14H2,1-2H3,(H,18,19). The van der Waals surface area contributed by atoms with Crippen molar-refractivity contribution in [3.05, 3.63) is 36.0 Å². The fourth-order valence-electron chi connectivity index (χ4n) is 3.04. The van der Waals surface area contributed by atoms with E-state index in [1.165, 1.54) is 10.6 Å². The second-order valence-corrected chi connectivity index (χ2v) is 8.62. The predicted octanol–water partition coefficient (Wildman–Crippen LogP) is 0.293. The van der Waals surface area contributed by atoms with E-state index in [0.717, 1.165) is 18.1 Å². The molecule has 0 saturated carbocycles. The lowest BCUT2D eigenvalue weighted by Crippen LogP contribution is -2.54. The van der Waals surface area contributed by atoms with Crippen molar-refractivity contribution >= 4 is 16.0 Å². The third-order valence-electron chi connectivity index (χ3n) is 4.44. The lowest BCUT2D eigenvalue weighted by atomic mass is 10.4. The Kier molecular flexibility index (Phi) is 6.68. The van der Waals surface area contributed by atoms with Crippen LogP contribution >= 0.6 is 0 Å². The molecule has 1 aliphatic rings. The van der Waals surface area contributed by atoms with Gasteiger partial charge < -0.3 is 14.7 Å². The summed E-state index contributed by atoms with van der Waals surface area (Å²) >= 11 is 0. The highest BCUT2D eigenvalue weighted by molar-refractivity contribution is 7.88. The van der Waals surface area contributed by atoms with Crippen LogP contribution < -0.4 is 5.32 Å². The second-order valence-electron chi connectivity index (χ2n) is 6.65. The largest absolute Gasteiger partial charge is 0.364 e. The highest BCUT2D eigenvalue weighted by atomic mass is 32.2. The quantitative estimate of drug-likeness (QED) is 0.517. The summed E-state index contributed by atoms with van der Waals surface area (Å²) < 4.78 is 33.2. The van der Waals surface area contributed by atoms with Crippen LogP contribution in [0.5, 0.6) is 0 Å². The molecule has 1 N–H and O–H groups in total. The van der Waals surface area contributed by atoms with Gasteiger partial charge >= 0.3 is 0 Å². The molecule has 2 aromatic rings. The first-order chi connectivity index (χ1) is 13.5. The summed E-state index contributed by atoms with van der Waals surface area (Å²) in [4.78, 5) is 6.77. The second kappa shape index (κ2) is 9.20. The van der Waals surface area contributed by atoms with Gasteiger partial charge in [-0.1, -0.05) is 5.16 Å². The summed E-state index contributed by atoms with van der Waals surface area (Å²) in [6.07, 6.45) is 5.20. The molecule has 0 aliphatic carbocycles. The molecule has 154 valence electrons. The monoisotopic (exact) mass is 409 g/mol. The zero-order valence-electron chi connectivity index (χ0n) is 16.3. The number of rotatable bonds is 7. The number of hydrogen-bond donors (Lipinski definition) is 1. The molecule has 3 rings (SSSR count). The zero-order valence-corrected chi connectivity index (χ0v) is 17.1. The molecule has 0 atom stereocenters. The number of piperazine rings is 1. The van der Waals surface area contributed by atoms with Gasteiger partial charge in [-0.25, -0.2) is 8.42 Å². The molecule has 0 amide bonds. The van der Waals surface area contributed by atoms with Crippen molar-refractivity contribution in [2.24, 2.45) is 4.99 Å². The van der Waals surface area contributed by atoms with Crippen LogP contribution in [-0.2, 0) is 22.3 Å². The van der Waals surface area contributed by atoms with Gasteiger partial charge in [0.1, 0.15) is 12.0 Å². The van der Waals surface area contributed by atoms with Gasteiger partial charge in [0.15, 0.2) is 5.96 Å². The third-order valence-corrected chi connectivity index (χ3v) is 6.25. The minimum atomic E-state index is -3.41. The Morgan fingerprint density at radius 3 is 2.71 bits per heavy atom. The van der Waals surface area contributed by atoms with Crippen LogP contribution in [0, 0.1) is 6.92 Å². The van der Waals surface area contributed by atoms with Gasteiger partial charge in [0, 0.05) is 45.0 Å². The molecule has 2 aromatic heterocycles. The number of aromatic nitrogens is 3. The van der Waals surface area contributed by atoms with E-state index in [2.05, 4.69) is 25.5 Å². The predicted molar refractivity (Wildman–Crippen MR) is 105 cm³/mol. The van der Waals surface area contributed by atoms with E-state index in [1.54, 1.807) is 6.07 Å². The van der Waals surface area contributed by atoms with Gasteiger partial charge in [-0.15, -0.1) is 0 Å². The van der Waals surface area contributed by atoms with Crippen LogP contribution in [-0.4, -0.2) is 77.8 Å². The van der Waals surface area contributed by atoms with Gasteiger partial charge in [-0.05, 0) is 19.4 Å². The normalized spacial score (nSPS) is 16.5. The van der Waals surface area contributed by atoms with Crippen LogP contribution in [0.4, 0.5) is 0 Å². The first-order valence-electron chi connectivity index (χ1n) is 9.37. The first kappa shape index (κ1) is 20.3. The molecule has 1 fully saturated rings. The SMILES string of the molecule is CCNC(=NCCn1cc(C)cn1)N1CCN(S(=O)(=O)Cc2ccon2)CC1. The van der Waals surface area contributed by atoms with Crippen LogP contribution in [0.1, 0.15) is 18.2 Å². The van der Waals surface area contributed by atoms with Crippen LogP contribution in [0.15, 0.2) is 34.2 Å². The van der Waals surface area contributed by atoms with Crippen molar-refractivity contribution in [3.63, 3.8) is 0 Å². The Hall–Kier alpha value is -2.40. The van der Waals surface area contributed by atoms with Crippen molar-refractivity contribution in [2.75, 3.05) is 39.3 Å². The van der Waals surface area contributed by atoms with Gasteiger partial charge in [0.2, 0.25) is 10.0 Å². The molecule has 0 bridgehead atoms. The maximum atomic E-state index is 12.6. The molecule has 10 nitrogen and oxygen atoms in total. The molecular formula is C17H27N7O3S. The van der Waals surface area contributed by atoms with Crippen molar-refractivity contribution in [1.29, 1.82) is 0 Å². The molecular weight excluding hydrogens is 382 g/mol. The van der Waals surface area contributed by atoms with Crippen LogP contribution in [0.25, 0.3) is 0 Å². The molecule has 0 aromatic carbocycles. The average Bonchev–Trinajstić information content (AvgIpc) is 3.32. The summed E-state index contributed by atoms with van der Waals surface area (Å²) in [5.41, 5.74) is 1.55. The molecule has 1 saturated heterocycles. The zero-order chi connectivity index (χ0) is 20.0. The van der Waals surface area contributed by atoms with Crippen LogP contribution in [0.3, 0.4) is 0 Å². The minimum Gasteiger partial charge on any atom is -0.364 e. The maximum Gasteiger partial charge on any atom is 0.220 e. The van der Waals surface area contributed by atoms with Gasteiger partial charge in [-0.3, -0.25) is 9.67 Å². The number of hydrogen-bond acceptors (Lipinski definition) is 6. The van der Waals surface area contributed by atoms with E-state index < -0.39 is 10.0 Å². The lowest BCUT2D eigenvalue weighted by Gasteiger charge is -2.35. The highest BCUT2D eigenvalue weighted by Gasteiger charge is 2.28. The van der Waals surface area contributed by atoms with Crippen molar-refractivity contribution in [2.45, 2.75) is 26.1 Å². The highest BCUT2D eigenvalue weighted by Crippen LogP contribution is 2.13. The number of sulfonamides is 1. The molecule has 3 heterocycles. The number of guanidine groups is 1. The minimum absolute atomic E-state index is 0.138. The fraction of sp³-hybridized carbons (Fsp3) is 0.588. The molecule has 11 heteroatoms. The summed E-state index contributed by atoms with van der Waals surface area (Å²) in [6.45, 7) is 8.10. The summed E-state index contributed by atoms with van der Waals surface area (Å²) in [7, 11) is -3.41. The van der Waals surface area contributed by atoms with Crippen molar-refractivity contribution in [1.82, 2.24) is 29.5 Å². The van der Waals surface area contributed by atoms with Gasteiger partial charge in [-0.2, -0.15) is 9.40 Å². The van der Waals surface area contributed by atoms with E-state index in [4.69, 9.17) is 4.52 Å². The maximum absolute atomic E-state index is 12.6. The third kappa shape index (κ3) is 5.32. The van der Waals surface area contributed by atoms with E-state index >= 15 is 0 Å². The number of aliphatic imine (C=N–C) groups is 1. The van der Waals surface area contributed by atoms with E-state index in [0.29, 0.717) is 45.0 Å². The summed E-state index contributed by atoms with van der Waals surface area (Å²) in [5, 5.41) is 11.3. The first-order valence-corrected chi connectivity index (χ1v) is 11.0. The molecule has 0 spiro atoms. The number of aryl methyl sites for hydroxylation is 1. The Bertz CT molecular complexity index is 868. The van der Waals surface area contributed by atoms with E-state index in [-0.39, 0.29) is 5.75 Å². The molecule has 1 aliphatic heterocycles. The van der Waals surface area contributed by atoms with Crippen molar-refractivity contribution < 1.29 is 12.9 Å². The van der Waals surface area contributed by atoms with E-state index in [1.807, 2.05) is 30.9 Å². The molecule has 0 radical (unpaired) electrons. The van der Waals surface area contributed by atoms with Crippen LogP contribution in [0.2, 0.25) is 0 Å². The Labute approximate surface area is 165 Å². The fourth-order valence-corrected chi connectivity index (χ4v) is 4.47. The number of nitrogens with one attached hydrogen (secondary N) is 1. The van der Waals surface area contributed by atoms with E-state index in [9.17, 15) is 8.42 Å².